The van der Waals surface area contributed by atoms with Crippen molar-refractivity contribution in [1.29, 1.82) is 0 Å². The molecule has 84 valence electrons. The average molecular weight is 254 g/mol. The van der Waals surface area contributed by atoms with E-state index in [0.29, 0.717) is 23.0 Å². The molecule has 0 unspecified atom stereocenters. The Kier molecular flexibility index (Phi) is 5.29. The summed E-state index contributed by atoms with van der Waals surface area (Å²) in [6.07, 6.45) is -1.73. The van der Waals surface area contributed by atoms with Gasteiger partial charge in [0.2, 0.25) is 0 Å². The minimum absolute atomic E-state index is 0.293. The zero-order valence-corrected chi connectivity index (χ0v) is 9.45. The van der Waals surface area contributed by atoms with Crippen LogP contribution in [0.3, 0.4) is 0 Å². The van der Waals surface area contributed by atoms with Crippen molar-refractivity contribution >= 4 is 23.2 Å². The zero-order chi connectivity index (χ0) is 11.3. The summed E-state index contributed by atoms with van der Waals surface area (Å²) < 4.78 is 23.6. The van der Waals surface area contributed by atoms with Crippen LogP contribution in [0, 0.1) is 0 Å². The maximum Gasteiger partial charge on any atom is 0.250 e. The van der Waals surface area contributed by atoms with Crippen molar-refractivity contribution in [3.63, 3.8) is 0 Å². The van der Waals surface area contributed by atoms with Gasteiger partial charge in [0.15, 0.2) is 0 Å². The molecule has 1 rings (SSSR count). The van der Waals surface area contributed by atoms with Gasteiger partial charge in [-0.05, 0) is 36.7 Å². The van der Waals surface area contributed by atoms with E-state index < -0.39 is 6.43 Å². The van der Waals surface area contributed by atoms with Gasteiger partial charge in [-0.1, -0.05) is 23.2 Å². The first-order chi connectivity index (χ1) is 7.09. The molecule has 0 spiro atoms. The second-order valence-corrected chi connectivity index (χ2v) is 3.92. The highest BCUT2D eigenvalue weighted by Crippen LogP contribution is 2.20. The van der Waals surface area contributed by atoms with Gasteiger partial charge < -0.3 is 5.32 Å². The number of halogens is 4. The summed E-state index contributed by atoms with van der Waals surface area (Å²) in [6, 6.07) is 5.14. The summed E-state index contributed by atoms with van der Waals surface area (Å²) in [5, 5.41) is 3.84. The molecule has 1 N–H and O–H groups in total. The number of alkyl halides is 2. The number of hydrogen-bond donors (Lipinski definition) is 1. The van der Waals surface area contributed by atoms with E-state index in [9.17, 15) is 8.78 Å². The molecule has 0 saturated heterocycles. The van der Waals surface area contributed by atoms with E-state index >= 15 is 0 Å². The molecule has 0 aliphatic rings. The highest BCUT2D eigenvalue weighted by molar-refractivity contribution is 6.33. The smallest absolute Gasteiger partial charge is 0.250 e. The summed E-state index contributed by atoms with van der Waals surface area (Å²) in [7, 11) is 0. The lowest BCUT2D eigenvalue weighted by Gasteiger charge is -2.06. The van der Waals surface area contributed by atoms with Gasteiger partial charge in [0.1, 0.15) is 0 Å². The Bertz CT molecular complexity index is 318. The summed E-state index contributed by atoms with van der Waals surface area (Å²) in [5.41, 5.74) is 0.867. The third-order valence-corrected chi connectivity index (χ3v) is 2.48. The Morgan fingerprint density at radius 2 is 2.00 bits per heavy atom. The number of benzene rings is 1. The lowest BCUT2D eigenvalue weighted by atomic mass is 10.1. The third-order valence-electron chi connectivity index (χ3n) is 1.88. The molecule has 1 aromatic carbocycles. The topological polar surface area (TPSA) is 12.0 Å². The number of hydrogen-bond acceptors (Lipinski definition) is 1. The summed E-state index contributed by atoms with van der Waals surface area (Å²) >= 11 is 11.7. The Morgan fingerprint density at radius 3 is 2.67 bits per heavy atom. The first-order valence-corrected chi connectivity index (χ1v) is 5.28. The molecular weight excluding hydrogens is 243 g/mol. The minimum atomic E-state index is -2.32. The highest BCUT2D eigenvalue weighted by Gasteiger charge is 2.03. The third kappa shape index (κ3) is 4.78. The quantitative estimate of drug-likeness (QED) is 0.794. The molecule has 0 fully saturated rings. The fraction of sp³-hybridized carbons (Fsp3) is 0.400. The fourth-order valence-electron chi connectivity index (χ4n) is 1.17. The number of rotatable bonds is 5. The standard InChI is InChI=1S/C10H11Cl2F2N/c11-8-1-2-9(12)7(5-8)3-4-15-6-10(13)14/h1-2,5,10,15H,3-4,6H2. The first kappa shape index (κ1) is 12.7. The summed E-state index contributed by atoms with van der Waals surface area (Å²) in [6.45, 7) is 0.169. The molecule has 0 bridgehead atoms. The molecule has 0 amide bonds. The molecule has 0 saturated carbocycles. The monoisotopic (exact) mass is 253 g/mol. The van der Waals surface area contributed by atoms with E-state index in [-0.39, 0.29) is 6.54 Å². The number of nitrogens with one attached hydrogen (secondary N) is 1. The second-order valence-electron chi connectivity index (χ2n) is 3.08. The molecule has 0 aliphatic carbocycles. The van der Waals surface area contributed by atoms with Gasteiger partial charge >= 0.3 is 0 Å². The Hall–Kier alpha value is -0.380. The average Bonchev–Trinajstić information content (AvgIpc) is 2.17. The molecule has 0 aromatic heterocycles. The van der Waals surface area contributed by atoms with E-state index in [2.05, 4.69) is 5.32 Å². The largest absolute Gasteiger partial charge is 0.311 e. The Balaban J connectivity index is 2.40. The fourth-order valence-corrected chi connectivity index (χ4v) is 1.58. The van der Waals surface area contributed by atoms with Gasteiger partial charge in [0.05, 0.1) is 6.54 Å². The van der Waals surface area contributed by atoms with Crippen LogP contribution in [0.4, 0.5) is 8.78 Å². The van der Waals surface area contributed by atoms with E-state index in [1.165, 1.54) is 0 Å². The van der Waals surface area contributed by atoms with Crippen LogP contribution >= 0.6 is 23.2 Å². The van der Waals surface area contributed by atoms with Crippen molar-refractivity contribution in [3.8, 4) is 0 Å². The van der Waals surface area contributed by atoms with E-state index in [1.807, 2.05) is 0 Å². The molecule has 0 radical (unpaired) electrons. The predicted octanol–water partition coefficient (Wildman–Crippen LogP) is 3.39. The van der Waals surface area contributed by atoms with Crippen LogP contribution in [0.2, 0.25) is 10.0 Å². The van der Waals surface area contributed by atoms with Gasteiger partial charge in [0, 0.05) is 10.0 Å². The SMILES string of the molecule is FC(F)CNCCc1cc(Cl)ccc1Cl. The van der Waals surface area contributed by atoms with E-state index in [0.717, 1.165) is 5.56 Å². The molecule has 0 atom stereocenters. The van der Waals surface area contributed by atoms with Gasteiger partial charge in [-0.15, -0.1) is 0 Å². The maximum absolute atomic E-state index is 11.8. The molecular formula is C10H11Cl2F2N. The van der Waals surface area contributed by atoms with Crippen LogP contribution in [0.1, 0.15) is 5.56 Å². The maximum atomic E-state index is 11.8. The molecule has 1 nitrogen and oxygen atoms in total. The van der Waals surface area contributed by atoms with Crippen molar-refractivity contribution in [2.75, 3.05) is 13.1 Å². The van der Waals surface area contributed by atoms with E-state index in [1.54, 1.807) is 18.2 Å². The lowest BCUT2D eigenvalue weighted by molar-refractivity contribution is 0.146. The summed E-state index contributed by atoms with van der Waals surface area (Å²) in [5.74, 6) is 0. The molecule has 0 heterocycles. The van der Waals surface area contributed by atoms with Crippen LogP contribution in [0.25, 0.3) is 0 Å². The van der Waals surface area contributed by atoms with Gasteiger partial charge in [-0.2, -0.15) is 0 Å². The predicted molar refractivity (Wildman–Crippen MR) is 59.0 cm³/mol. The normalized spacial score (nSPS) is 11.0. The lowest BCUT2D eigenvalue weighted by Crippen LogP contribution is -2.23. The minimum Gasteiger partial charge on any atom is -0.311 e. The van der Waals surface area contributed by atoms with Crippen molar-refractivity contribution in [2.24, 2.45) is 0 Å². The first-order valence-electron chi connectivity index (χ1n) is 4.52. The molecule has 0 aliphatic heterocycles. The van der Waals surface area contributed by atoms with Gasteiger partial charge in [-0.25, -0.2) is 8.78 Å². The van der Waals surface area contributed by atoms with Crippen molar-refractivity contribution < 1.29 is 8.78 Å². The van der Waals surface area contributed by atoms with Crippen molar-refractivity contribution in [1.82, 2.24) is 5.32 Å². The molecule has 15 heavy (non-hydrogen) atoms. The van der Waals surface area contributed by atoms with Crippen LogP contribution < -0.4 is 5.32 Å². The Labute approximate surface area is 97.4 Å². The second kappa shape index (κ2) is 6.26. The van der Waals surface area contributed by atoms with Crippen LogP contribution in [0.15, 0.2) is 18.2 Å². The van der Waals surface area contributed by atoms with Gasteiger partial charge in [0.25, 0.3) is 6.43 Å². The van der Waals surface area contributed by atoms with Crippen LogP contribution in [-0.2, 0) is 6.42 Å². The van der Waals surface area contributed by atoms with Crippen LogP contribution in [0.5, 0.6) is 0 Å². The van der Waals surface area contributed by atoms with Crippen LogP contribution in [-0.4, -0.2) is 19.5 Å². The van der Waals surface area contributed by atoms with Crippen molar-refractivity contribution in [3.05, 3.63) is 33.8 Å². The van der Waals surface area contributed by atoms with Gasteiger partial charge in [-0.3, -0.25) is 0 Å². The summed E-state index contributed by atoms with van der Waals surface area (Å²) in [4.78, 5) is 0. The van der Waals surface area contributed by atoms with Crippen molar-refractivity contribution in [2.45, 2.75) is 12.8 Å². The zero-order valence-electron chi connectivity index (χ0n) is 7.94. The molecule has 1 aromatic rings. The van der Waals surface area contributed by atoms with E-state index in [4.69, 9.17) is 23.2 Å². The Morgan fingerprint density at radius 1 is 1.27 bits per heavy atom. The highest BCUT2D eigenvalue weighted by atomic mass is 35.5. The molecule has 5 heteroatoms.